The molecule has 9 heteroatoms. The Morgan fingerprint density at radius 3 is 3.00 bits per heavy atom. The largest absolute Gasteiger partial charge is 0.369 e. The van der Waals surface area contributed by atoms with Crippen LogP contribution in [0.4, 0.5) is 5.95 Å². The summed E-state index contributed by atoms with van der Waals surface area (Å²) in [4.78, 5) is 27.5. The van der Waals surface area contributed by atoms with E-state index in [9.17, 15) is 4.79 Å². The standard InChI is InChI=1S/C9H12N6O3/c1-9(2)17-4-15(18-9)14-3-11-5-6(14)12-8(10)13-7(5)16/h3H,4H2,1-2H3,(H3,10,12,13,16). The van der Waals surface area contributed by atoms with E-state index in [4.69, 9.17) is 15.3 Å². The molecule has 0 saturated carbocycles. The Morgan fingerprint density at radius 2 is 2.33 bits per heavy atom. The zero-order chi connectivity index (χ0) is 12.9. The van der Waals surface area contributed by atoms with E-state index in [1.807, 2.05) is 0 Å². The van der Waals surface area contributed by atoms with Gasteiger partial charge in [0.1, 0.15) is 6.33 Å². The molecular formula is C9H12N6O3. The predicted molar refractivity (Wildman–Crippen MR) is 61.9 cm³/mol. The van der Waals surface area contributed by atoms with Gasteiger partial charge in [-0.2, -0.15) is 10.2 Å². The van der Waals surface area contributed by atoms with Gasteiger partial charge in [-0.3, -0.25) is 9.78 Å². The van der Waals surface area contributed by atoms with E-state index in [2.05, 4.69) is 15.0 Å². The van der Waals surface area contributed by atoms with Crippen LogP contribution in [0.5, 0.6) is 0 Å². The number of nitrogens with one attached hydrogen (secondary N) is 1. The van der Waals surface area contributed by atoms with Gasteiger partial charge in [-0.05, 0) is 13.8 Å². The quantitative estimate of drug-likeness (QED) is 0.689. The average molecular weight is 252 g/mol. The monoisotopic (exact) mass is 252 g/mol. The summed E-state index contributed by atoms with van der Waals surface area (Å²) in [7, 11) is 0. The van der Waals surface area contributed by atoms with Gasteiger partial charge in [-0.15, -0.1) is 0 Å². The Kier molecular flexibility index (Phi) is 2.10. The lowest BCUT2D eigenvalue weighted by Crippen LogP contribution is -2.33. The van der Waals surface area contributed by atoms with Crippen molar-refractivity contribution in [3.05, 3.63) is 16.7 Å². The molecule has 9 nitrogen and oxygen atoms in total. The highest BCUT2D eigenvalue weighted by Gasteiger charge is 2.33. The number of ether oxygens (including phenoxy) is 1. The van der Waals surface area contributed by atoms with Crippen molar-refractivity contribution in [1.29, 1.82) is 0 Å². The minimum atomic E-state index is -0.733. The summed E-state index contributed by atoms with van der Waals surface area (Å²) < 4.78 is 6.88. The Labute approximate surface area is 101 Å². The molecule has 0 spiro atoms. The number of nitrogens with zero attached hydrogens (tertiary/aromatic N) is 4. The van der Waals surface area contributed by atoms with Crippen LogP contribution >= 0.6 is 0 Å². The molecule has 0 amide bonds. The first-order chi connectivity index (χ1) is 8.46. The maximum atomic E-state index is 11.6. The number of nitrogens with two attached hydrogens (primary N) is 1. The summed E-state index contributed by atoms with van der Waals surface area (Å²) in [5, 5.41) is 1.42. The smallest absolute Gasteiger partial charge is 0.280 e. The third kappa shape index (κ3) is 1.60. The van der Waals surface area contributed by atoms with Crippen molar-refractivity contribution < 1.29 is 9.57 Å². The molecule has 18 heavy (non-hydrogen) atoms. The topological polar surface area (TPSA) is 111 Å². The molecular weight excluding hydrogens is 240 g/mol. The molecule has 3 rings (SSSR count). The second kappa shape index (κ2) is 3.43. The van der Waals surface area contributed by atoms with Crippen LogP contribution in [0.3, 0.4) is 0 Å². The van der Waals surface area contributed by atoms with E-state index >= 15 is 0 Å². The minimum absolute atomic E-state index is 0.0219. The second-order valence-corrected chi connectivity index (χ2v) is 4.33. The average Bonchev–Trinajstić information content (AvgIpc) is 2.81. The maximum absolute atomic E-state index is 11.6. The van der Waals surface area contributed by atoms with Crippen molar-refractivity contribution in [1.82, 2.24) is 19.6 Å². The lowest BCUT2D eigenvalue weighted by molar-refractivity contribution is -0.137. The number of imidazole rings is 1. The van der Waals surface area contributed by atoms with Crippen LogP contribution in [0, 0.1) is 0 Å². The molecule has 0 bridgehead atoms. The number of hydroxylamine groups is 1. The molecule has 0 aromatic carbocycles. The minimum Gasteiger partial charge on any atom is -0.369 e. The van der Waals surface area contributed by atoms with E-state index in [-0.39, 0.29) is 18.2 Å². The molecule has 1 aliphatic heterocycles. The number of anilines is 1. The molecule has 1 aliphatic rings. The first kappa shape index (κ1) is 11.0. The zero-order valence-corrected chi connectivity index (χ0v) is 9.88. The maximum Gasteiger partial charge on any atom is 0.280 e. The van der Waals surface area contributed by atoms with Gasteiger partial charge in [0.05, 0.1) is 0 Å². The van der Waals surface area contributed by atoms with Crippen LogP contribution in [0.25, 0.3) is 11.2 Å². The first-order valence-corrected chi connectivity index (χ1v) is 5.30. The predicted octanol–water partition coefficient (Wildman–Crippen LogP) is -0.705. The molecule has 0 atom stereocenters. The Bertz CT molecular complexity index is 660. The third-order valence-electron chi connectivity index (χ3n) is 2.50. The van der Waals surface area contributed by atoms with Crippen molar-refractivity contribution in [3.8, 4) is 0 Å². The fourth-order valence-electron chi connectivity index (χ4n) is 1.70. The molecule has 2 aromatic rings. The molecule has 3 heterocycles. The van der Waals surface area contributed by atoms with E-state index in [1.165, 1.54) is 16.2 Å². The van der Waals surface area contributed by atoms with E-state index < -0.39 is 11.3 Å². The van der Waals surface area contributed by atoms with Crippen LogP contribution < -0.4 is 16.5 Å². The molecule has 0 unspecified atom stereocenters. The molecule has 96 valence electrons. The van der Waals surface area contributed by atoms with Gasteiger partial charge < -0.3 is 10.5 Å². The Balaban J connectivity index is 2.11. The lowest BCUT2D eigenvalue weighted by Gasteiger charge is -2.18. The summed E-state index contributed by atoms with van der Waals surface area (Å²) in [6.45, 7) is 3.76. The van der Waals surface area contributed by atoms with E-state index in [1.54, 1.807) is 13.8 Å². The summed E-state index contributed by atoms with van der Waals surface area (Å²) in [6.07, 6.45) is 1.43. The second-order valence-electron chi connectivity index (χ2n) is 4.33. The van der Waals surface area contributed by atoms with Crippen molar-refractivity contribution in [2.75, 3.05) is 17.6 Å². The number of nitrogen functional groups attached to an aromatic ring is 1. The number of H-pyrrole nitrogens is 1. The van der Waals surface area contributed by atoms with Crippen molar-refractivity contribution in [2.45, 2.75) is 19.6 Å². The number of hydrogen-bond acceptors (Lipinski definition) is 7. The van der Waals surface area contributed by atoms with Gasteiger partial charge in [0.25, 0.3) is 5.56 Å². The fraction of sp³-hybridized carbons (Fsp3) is 0.444. The zero-order valence-electron chi connectivity index (χ0n) is 9.88. The van der Waals surface area contributed by atoms with E-state index in [0.717, 1.165) is 0 Å². The van der Waals surface area contributed by atoms with Gasteiger partial charge >= 0.3 is 0 Å². The van der Waals surface area contributed by atoms with Crippen molar-refractivity contribution >= 4 is 17.1 Å². The summed E-state index contributed by atoms with van der Waals surface area (Å²) >= 11 is 0. The fourth-order valence-corrected chi connectivity index (χ4v) is 1.70. The highest BCUT2D eigenvalue weighted by molar-refractivity contribution is 5.70. The van der Waals surface area contributed by atoms with Crippen LogP contribution in [0.2, 0.25) is 0 Å². The SMILES string of the molecule is CC1(C)OCN(n2cnc3c(=O)[nH]c(N)nc32)O1. The molecule has 1 saturated heterocycles. The number of fused-ring (bicyclic) bond motifs is 1. The van der Waals surface area contributed by atoms with Gasteiger partial charge in [-0.25, -0.2) is 14.5 Å². The Hall–Kier alpha value is -2.13. The van der Waals surface area contributed by atoms with Crippen molar-refractivity contribution in [3.63, 3.8) is 0 Å². The Morgan fingerprint density at radius 1 is 1.56 bits per heavy atom. The van der Waals surface area contributed by atoms with Gasteiger partial charge in [0, 0.05) is 0 Å². The molecule has 2 aromatic heterocycles. The number of aromatic nitrogens is 4. The molecule has 3 N–H and O–H groups in total. The lowest BCUT2D eigenvalue weighted by atomic mass is 10.4. The van der Waals surface area contributed by atoms with Gasteiger partial charge in [0.2, 0.25) is 5.95 Å². The number of aromatic amines is 1. The van der Waals surface area contributed by atoms with Crippen LogP contribution in [0.1, 0.15) is 13.8 Å². The normalized spacial score (nSPS) is 18.7. The van der Waals surface area contributed by atoms with Gasteiger partial charge in [0.15, 0.2) is 23.7 Å². The highest BCUT2D eigenvalue weighted by Crippen LogP contribution is 2.21. The number of hydrogen-bond donors (Lipinski definition) is 2. The van der Waals surface area contributed by atoms with E-state index in [0.29, 0.717) is 5.65 Å². The first-order valence-electron chi connectivity index (χ1n) is 5.30. The number of rotatable bonds is 1. The van der Waals surface area contributed by atoms with Crippen LogP contribution in [-0.2, 0) is 9.57 Å². The molecule has 1 fully saturated rings. The van der Waals surface area contributed by atoms with Crippen molar-refractivity contribution in [2.24, 2.45) is 0 Å². The summed E-state index contributed by atoms with van der Waals surface area (Å²) in [5.74, 6) is -0.711. The third-order valence-corrected chi connectivity index (χ3v) is 2.50. The molecule has 0 radical (unpaired) electrons. The summed E-state index contributed by atoms with van der Waals surface area (Å²) in [5.41, 5.74) is 5.62. The molecule has 0 aliphatic carbocycles. The summed E-state index contributed by atoms with van der Waals surface area (Å²) in [6, 6.07) is 0. The van der Waals surface area contributed by atoms with Crippen LogP contribution in [-0.4, -0.2) is 32.1 Å². The highest BCUT2D eigenvalue weighted by atomic mass is 16.9. The van der Waals surface area contributed by atoms with Crippen LogP contribution in [0.15, 0.2) is 11.1 Å². The van der Waals surface area contributed by atoms with Gasteiger partial charge in [-0.1, -0.05) is 0 Å².